The summed E-state index contributed by atoms with van der Waals surface area (Å²) in [5.41, 5.74) is 7.14. The van der Waals surface area contributed by atoms with Gasteiger partial charge in [-0.05, 0) is 25.9 Å². The van der Waals surface area contributed by atoms with Crippen molar-refractivity contribution in [3.63, 3.8) is 0 Å². The highest BCUT2D eigenvalue weighted by Gasteiger charge is 2.09. The molecule has 0 amide bonds. The van der Waals surface area contributed by atoms with Gasteiger partial charge in [-0.2, -0.15) is 0 Å². The van der Waals surface area contributed by atoms with E-state index < -0.39 is 0 Å². The zero-order chi connectivity index (χ0) is 11.3. The molecule has 1 heterocycles. The standard InChI is InChI=1S/C11H22N4/c1-9(2)11(12)4-5-15(3)7-10-6-13-8-14-10/h6,8-9,11H,4-5,7,12H2,1-3H3,(H,13,14). The number of hydrogen-bond acceptors (Lipinski definition) is 3. The second kappa shape index (κ2) is 5.88. The molecule has 0 saturated carbocycles. The van der Waals surface area contributed by atoms with Crippen LogP contribution in [0.25, 0.3) is 0 Å². The molecule has 1 atom stereocenters. The molecule has 0 spiro atoms. The Balaban J connectivity index is 2.22. The first-order chi connectivity index (χ1) is 7.09. The van der Waals surface area contributed by atoms with Crippen LogP contribution in [0.1, 0.15) is 26.0 Å². The van der Waals surface area contributed by atoms with Crippen molar-refractivity contribution in [2.24, 2.45) is 11.7 Å². The van der Waals surface area contributed by atoms with E-state index in [1.54, 1.807) is 6.33 Å². The third kappa shape index (κ3) is 4.44. The monoisotopic (exact) mass is 210 g/mol. The number of aromatic amines is 1. The van der Waals surface area contributed by atoms with Crippen LogP contribution in [0.3, 0.4) is 0 Å². The van der Waals surface area contributed by atoms with Gasteiger partial charge in [0.2, 0.25) is 0 Å². The van der Waals surface area contributed by atoms with E-state index in [4.69, 9.17) is 5.73 Å². The molecule has 1 aromatic heterocycles. The van der Waals surface area contributed by atoms with E-state index in [9.17, 15) is 0 Å². The summed E-state index contributed by atoms with van der Waals surface area (Å²) in [6, 6.07) is 0.300. The maximum atomic E-state index is 5.99. The fraction of sp³-hybridized carbons (Fsp3) is 0.727. The summed E-state index contributed by atoms with van der Waals surface area (Å²) < 4.78 is 0. The van der Waals surface area contributed by atoms with Crippen molar-refractivity contribution in [1.82, 2.24) is 14.9 Å². The molecule has 0 bridgehead atoms. The van der Waals surface area contributed by atoms with Crippen LogP contribution < -0.4 is 5.73 Å². The second-order valence-electron chi connectivity index (χ2n) is 4.51. The van der Waals surface area contributed by atoms with Gasteiger partial charge in [0.15, 0.2) is 0 Å². The van der Waals surface area contributed by atoms with Crippen molar-refractivity contribution in [3.8, 4) is 0 Å². The van der Waals surface area contributed by atoms with Crippen LogP contribution in [-0.4, -0.2) is 34.5 Å². The minimum atomic E-state index is 0.300. The zero-order valence-corrected chi connectivity index (χ0v) is 9.90. The first-order valence-corrected chi connectivity index (χ1v) is 5.51. The summed E-state index contributed by atoms with van der Waals surface area (Å²) >= 11 is 0. The number of hydrogen-bond donors (Lipinski definition) is 2. The highest BCUT2D eigenvalue weighted by Crippen LogP contribution is 2.05. The normalized spacial score (nSPS) is 13.7. The first-order valence-electron chi connectivity index (χ1n) is 5.51. The average molecular weight is 210 g/mol. The smallest absolute Gasteiger partial charge is 0.0922 e. The van der Waals surface area contributed by atoms with E-state index in [0.717, 1.165) is 25.2 Å². The lowest BCUT2D eigenvalue weighted by Gasteiger charge is -2.20. The zero-order valence-electron chi connectivity index (χ0n) is 9.90. The maximum absolute atomic E-state index is 5.99. The minimum Gasteiger partial charge on any atom is -0.347 e. The van der Waals surface area contributed by atoms with Crippen LogP contribution >= 0.6 is 0 Å². The number of rotatable bonds is 6. The van der Waals surface area contributed by atoms with E-state index in [1.165, 1.54) is 0 Å². The van der Waals surface area contributed by atoms with Crippen molar-refractivity contribution >= 4 is 0 Å². The molecule has 0 radical (unpaired) electrons. The molecule has 1 rings (SSSR count). The molecular weight excluding hydrogens is 188 g/mol. The van der Waals surface area contributed by atoms with Gasteiger partial charge in [0.25, 0.3) is 0 Å². The molecule has 15 heavy (non-hydrogen) atoms. The molecule has 86 valence electrons. The number of nitrogens with zero attached hydrogens (tertiary/aromatic N) is 2. The Labute approximate surface area is 91.9 Å². The van der Waals surface area contributed by atoms with Crippen LogP contribution in [-0.2, 0) is 6.54 Å². The molecule has 1 aromatic rings. The van der Waals surface area contributed by atoms with Gasteiger partial charge in [-0.25, -0.2) is 4.98 Å². The Morgan fingerprint density at radius 3 is 2.80 bits per heavy atom. The van der Waals surface area contributed by atoms with Gasteiger partial charge in [0.05, 0.1) is 6.33 Å². The van der Waals surface area contributed by atoms with Crippen LogP contribution in [0.15, 0.2) is 12.5 Å². The molecule has 4 nitrogen and oxygen atoms in total. The lowest BCUT2D eigenvalue weighted by Crippen LogP contribution is -2.31. The molecule has 4 heteroatoms. The summed E-state index contributed by atoms with van der Waals surface area (Å²) in [7, 11) is 2.11. The predicted molar refractivity (Wildman–Crippen MR) is 62.4 cm³/mol. The molecule has 0 aliphatic heterocycles. The number of imidazole rings is 1. The number of nitrogens with two attached hydrogens (primary N) is 1. The first kappa shape index (κ1) is 12.2. The van der Waals surface area contributed by atoms with Crippen molar-refractivity contribution in [3.05, 3.63) is 18.2 Å². The average Bonchev–Trinajstić information content (AvgIpc) is 2.66. The van der Waals surface area contributed by atoms with E-state index in [0.29, 0.717) is 12.0 Å². The number of H-pyrrole nitrogens is 1. The molecule has 0 fully saturated rings. The predicted octanol–water partition coefficient (Wildman–Crippen LogP) is 1.21. The third-order valence-corrected chi connectivity index (χ3v) is 2.70. The Bertz CT molecular complexity index is 256. The topological polar surface area (TPSA) is 57.9 Å². The van der Waals surface area contributed by atoms with Gasteiger partial charge in [0, 0.05) is 24.5 Å². The van der Waals surface area contributed by atoms with Gasteiger partial charge in [-0.3, -0.25) is 0 Å². The van der Waals surface area contributed by atoms with Crippen molar-refractivity contribution in [2.45, 2.75) is 32.9 Å². The molecule has 0 aromatic carbocycles. The SMILES string of the molecule is CC(C)C(N)CCN(C)Cc1cnc[nH]1. The largest absolute Gasteiger partial charge is 0.347 e. The van der Waals surface area contributed by atoms with Crippen LogP contribution in [0, 0.1) is 5.92 Å². The van der Waals surface area contributed by atoms with E-state index in [2.05, 4.69) is 35.8 Å². The fourth-order valence-electron chi connectivity index (χ4n) is 1.44. The Hall–Kier alpha value is -0.870. The lowest BCUT2D eigenvalue weighted by molar-refractivity contribution is 0.294. The van der Waals surface area contributed by atoms with E-state index in [-0.39, 0.29) is 0 Å². The van der Waals surface area contributed by atoms with Crippen molar-refractivity contribution < 1.29 is 0 Å². The van der Waals surface area contributed by atoms with E-state index in [1.807, 2.05) is 6.20 Å². The quantitative estimate of drug-likeness (QED) is 0.742. The van der Waals surface area contributed by atoms with Crippen molar-refractivity contribution in [1.29, 1.82) is 0 Å². The fourth-order valence-corrected chi connectivity index (χ4v) is 1.44. The van der Waals surface area contributed by atoms with Gasteiger partial charge < -0.3 is 15.6 Å². The van der Waals surface area contributed by atoms with Crippen molar-refractivity contribution in [2.75, 3.05) is 13.6 Å². The Kier molecular flexibility index (Phi) is 4.78. The van der Waals surface area contributed by atoms with Crippen LogP contribution in [0.4, 0.5) is 0 Å². The molecule has 0 aliphatic carbocycles. The third-order valence-electron chi connectivity index (χ3n) is 2.70. The summed E-state index contributed by atoms with van der Waals surface area (Å²) in [4.78, 5) is 9.35. The van der Waals surface area contributed by atoms with E-state index >= 15 is 0 Å². The van der Waals surface area contributed by atoms with Gasteiger partial charge in [-0.1, -0.05) is 13.8 Å². The van der Waals surface area contributed by atoms with Gasteiger partial charge >= 0.3 is 0 Å². The number of aromatic nitrogens is 2. The van der Waals surface area contributed by atoms with Gasteiger partial charge in [0.1, 0.15) is 0 Å². The number of nitrogens with one attached hydrogen (secondary N) is 1. The maximum Gasteiger partial charge on any atom is 0.0922 e. The summed E-state index contributed by atoms with van der Waals surface area (Å²) in [6.07, 6.45) is 4.62. The van der Waals surface area contributed by atoms with Crippen LogP contribution in [0.2, 0.25) is 0 Å². The molecule has 3 N–H and O–H groups in total. The second-order valence-corrected chi connectivity index (χ2v) is 4.51. The lowest BCUT2D eigenvalue weighted by atomic mass is 10.0. The molecule has 1 unspecified atom stereocenters. The summed E-state index contributed by atoms with van der Waals surface area (Å²) in [5.74, 6) is 0.561. The van der Waals surface area contributed by atoms with Gasteiger partial charge in [-0.15, -0.1) is 0 Å². The summed E-state index contributed by atoms with van der Waals surface area (Å²) in [6.45, 7) is 6.27. The summed E-state index contributed by atoms with van der Waals surface area (Å²) in [5, 5.41) is 0. The molecule has 0 saturated heterocycles. The molecular formula is C11H22N4. The minimum absolute atomic E-state index is 0.300. The highest BCUT2D eigenvalue weighted by atomic mass is 15.1. The Morgan fingerprint density at radius 1 is 1.53 bits per heavy atom. The Morgan fingerprint density at radius 2 is 2.27 bits per heavy atom. The molecule has 0 aliphatic rings. The highest BCUT2D eigenvalue weighted by molar-refractivity contribution is 4.93. The van der Waals surface area contributed by atoms with Crippen LogP contribution in [0.5, 0.6) is 0 Å².